The molecular formula is C16H31NO3. The predicted octanol–water partition coefficient (Wildman–Crippen LogP) is 3.89. The van der Waals surface area contributed by atoms with Crippen LogP contribution in [0.3, 0.4) is 0 Å². The topological polar surface area (TPSA) is 66.4 Å². The van der Waals surface area contributed by atoms with E-state index in [9.17, 15) is 9.59 Å². The summed E-state index contributed by atoms with van der Waals surface area (Å²) in [6.45, 7) is 2.89. The van der Waals surface area contributed by atoms with E-state index < -0.39 is 5.97 Å². The molecule has 0 aromatic rings. The third-order valence-corrected chi connectivity index (χ3v) is 3.40. The molecule has 0 rings (SSSR count). The van der Waals surface area contributed by atoms with Gasteiger partial charge in [-0.25, -0.2) is 0 Å². The van der Waals surface area contributed by atoms with Crippen molar-refractivity contribution in [3.05, 3.63) is 0 Å². The zero-order chi connectivity index (χ0) is 15.1. The number of unbranched alkanes of at least 4 members (excludes halogenated alkanes) is 8. The highest BCUT2D eigenvalue weighted by atomic mass is 16.4. The number of nitrogens with one attached hydrogen (secondary N) is 1. The highest BCUT2D eigenvalue weighted by Crippen LogP contribution is 2.08. The Morgan fingerprint density at radius 2 is 1.35 bits per heavy atom. The molecular weight excluding hydrogens is 254 g/mol. The van der Waals surface area contributed by atoms with Gasteiger partial charge in [0.2, 0.25) is 5.91 Å². The molecule has 20 heavy (non-hydrogen) atoms. The minimum Gasteiger partial charge on any atom is -0.481 e. The monoisotopic (exact) mass is 285 g/mol. The Morgan fingerprint density at radius 3 is 2.00 bits per heavy atom. The number of aliphatic carboxylic acids is 1. The van der Waals surface area contributed by atoms with E-state index in [1.807, 2.05) is 0 Å². The van der Waals surface area contributed by atoms with Gasteiger partial charge in [0.15, 0.2) is 0 Å². The highest BCUT2D eigenvalue weighted by molar-refractivity contribution is 5.75. The van der Waals surface area contributed by atoms with Crippen molar-refractivity contribution in [1.29, 1.82) is 0 Å². The first kappa shape index (κ1) is 18.9. The molecule has 0 bridgehead atoms. The SMILES string of the molecule is CCCCCCCCCC(=O)NCCCCCC(=O)O. The van der Waals surface area contributed by atoms with Gasteiger partial charge in [0.25, 0.3) is 0 Å². The van der Waals surface area contributed by atoms with Crippen molar-refractivity contribution in [2.75, 3.05) is 6.54 Å². The second-order valence-corrected chi connectivity index (χ2v) is 5.43. The molecule has 0 saturated heterocycles. The van der Waals surface area contributed by atoms with Gasteiger partial charge in [-0.3, -0.25) is 9.59 Å². The molecule has 2 N–H and O–H groups in total. The van der Waals surface area contributed by atoms with Crippen LogP contribution in [-0.2, 0) is 9.59 Å². The van der Waals surface area contributed by atoms with Gasteiger partial charge in [-0.2, -0.15) is 0 Å². The summed E-state index contributed by atoms with van der Waals surface area (Å²) in [6, 6.07) is 0. The van der Waals surface area contributed by atoms with E-state index in [1.54, 1.807) is 0 Å². The quantitative estimate of drug-likeness (QED) is 0.476. The van der Waals surface area contributed by atoms with Crippen molar-refractivity contribution in [2.24, 2.45) is 0 Å². The van der Waals surface area contributed by atoms with Crippen molar-refractivity contribution in [3.63, 3.8) is 0 Å². The Kier molecular flexibility index (Phi) is 13.6. The second-order valence-electron chi connectivity index (χ2n) is 5.43. The van der Waals surface area contributed by atoms with Crippen LogP contribution in [-0.4, -0.2) is 23.5 Å². The van der Waals surface area contributed by atoms with Crippen molar-refractivity contribution < 1.29 is 14.7 Å². The molecule has 0 unspecified atom stereocenters. The number of carbonyl (C=O) groups excluding carboxylic acids is 1. The van der Waals surface area contributed by atoms with Crippen LogP contribution in [0.5, 0.6) is 0 Å². The maximum Gasteiger partial charge on any atom is 0.303 e. The number of amides is 1. The van der Waals surface area contributed by atoms with E-state index >= 15 is 0 Å². The predicted molar refractivity (Wildman–Crippen MR) is 81.7 cm³/mol. The summed E-state index contributed by atoms with van der Waals surface area (Å²) in [5.41, 5.74) is 0. The van der Waals surface area contributed by atoms with Gasteiger partial charge in [0.05, 0.1) is 0 Å². The summed E-state index contributed by atoms with van der Waals surface area (Å²) < 4.78 is 0. The van der Waals surface area contributed by atoms with Gasteiger partial charge >= 0.3 is 5.97 Å². The summed E-state index contributed by atoms with van der Waals surface area (Å²) in [7, 11) is 0. The number of carboxylic acid groups (broad SMARTS) is 1. The van der Waals surface area contributed by atoms with Crippen LogP contribution < -0.4 is 5.32 Å². The van der Waals surface area contributed by atoms with Gasteiger partial charge in [-0.05, 0) is 19.3 Å². The smallest absolute Gasteiger partial charge is 0.303 e. The second kappa shape index (κ2) is 14.4. The number of hydrogen-bond donors (Lipinski definition) is 2. The summed E-state index contributed by atoms with van der Waals surface area (Å²) in [5.74, 6) is -0.607. The Balaban J connectivity index is 3.19. The van der Waals surface area contributed by atoms with Crippen molar-refractivity contribution in [3.8, 4) is 0 Å². The van der Waals surface area contributed by atoms with Crippen molar-refractivity contribution in [2.45, 2.75) is 84.0 Å². The van der Waals surface area contributed by atoms with Crippen LogP contribution in [0.15, 0.2) is 0 Å². The third-order valence-electron chi connectivity index (χ3n) is 3.40. The minimum atomic E-state index is -0.743. The van der Waals surface area contributed by atoms with Gasteiger partial charge in [-0.1, -0.05) is 51.9 Å². The zero-order valence-electron chi connectivity index (χ0n) is 13.0. The van der Waals surface area contributed by atoms with Crippen LogP contribution >= 0.6 is 0 Å². The van der Waals surface area contributed by atoms with E-state index in [0.717, 1.165) is 25.7 Å². The first-order chi connectivity index (χ1) is 9.66. The molecule has 0 heterocycles. The molecule has 0 saturated carbocycles. The lowest BCUT2D eigenvalue weighted by atomic mass is 10.1. The fourth-order valence-electron chi connectivity index (χ4n) is 2.14. The van der Waals surface area contributed by atoms with Crippen LogP contribution in [0.25, 0.3) is 0 Å². The number of carbonyl (C=O) groups is 2. The lowest BCUT2D eigenvalue weighted by Gasteiger charge is -2.05. The number of hydrogen-bond acceptors (Lipinski definition) is 2. The van der Waals surface area contributed by atoms with E-state index in [1.165, 1.54) is 32.1 Å². The summed E-state index contributed by atoms with van der Waals surface area (Å²) in [6.07, 6.45) is 11.9. The van der Waals surface area contributed by atoms with E-state index in [0.29, 0.717) is 19.4 Å². The fourth-order valence-corrected chi connectivity index (χ4v) is 2.14. The van der Waals surface area contributed by atoms with Crippen LogP contribution in [0, 0.1) is 0 Å². The number of carboxylic acids is 1. The Morgan fingerprint density at radius 1 is 0.800 bits per heavy atom. The molecule has 0 aliphatic rings. The average Bonchev–Trinajstić information content (AvgIpc) is 2.41. The van der Waals surface area contributed by atoms with Gasteiger partial charge < -0.3 is 10.4 Å². The molecule has 118 valence electrons. The van der Waals surface area contributed by atoms with Gasteiger partial charge in [-0.15, -0.1) is 0 Å². The largest absolute Gasteiger partial charge is 0.481 e. The Bertz CT molecular complexity index is 254. The molecule has 0 radical (unpaired) electrons. The molecule has 0 spiro atoms. The standard InChI is InChI=1S/C16H31NO3/c1-2-3-4-5-6-7-9-12-15(18)17-14-11-8-10-13-16(19)20/h2-14H2,1H3,(H,17,18)(H,19,20). The maximum absolute atomic E-state index is 11.5. The molecule has 4 nitrogen and oxygen atoms in total. The van der Waals surface area contributed by atoms with Gasteiger partial charge in [0, 0.05) is 19.4 Å². The Labute approximate surface area is 123 Å². The van der Waals surface area contributed by atoms with Crippen LogP contribution in [0.1, 0.15) is 84.0 Å². The fraction of sp³-hybridized carbons (Fsp3) is 0.875. The van der Waals surface area contributed by atoms with Gasteiger partial charge in [0.1, 0.15) is 0 Å². The Hall–Kier alpha value is -1.06. The van der Waals surface area contributed by atoms with Crippen molar-refractivity contribution >= 4 is 11.9 Å². The molecule has 4 heteroatoms. The van der Waals surface area contributed by atoms with Crippen LogP contribution in [0.4, 0.5) is 0 Å². The first-order valence-corrected chi connectivity index (χ1v) is 8.15. The molecule has 0 aliphatic carbocycles. The molecule has 0 atom stereocenters. The maximum atomic E-state index is 11.5. The lowest BCUT2D eigenvalue weighted by Crippen LogP contribution is -2.23. The molecule has 0 aliphatic heterocycles. The minimum absolute atomic E-state index is 0.136. The number of rotatable bonds is 14. The summed E-state index contributed by atoms with van der Waals surface area (Å²) in [4.78, 5) is 21.8. The normalized spacial score (nSPS) is 10.4. The molecule has 0 aromatic carbocycles. The third kappa shape index (κ3) is 15.0. The first-order valence-electron chi connectivity index (χ1n) is 8.15. The molecule has 0 fully saturated rings. The van der Waals surface area contributed by atoms with Crippen molar-refractivity contribution in [1.82, 2.24) is 5.32 Å². The zero-order valence-corrected chi connectivity index (χ0v) is 13.0. The average molecular weight is 285 g/mol. The summed E-state index contributed by atoms with van der Waals surface area (Å²) in [5, 5.41) is 11.4. The molecule has 0 aromatic heterocycles. The highest BCUT2D eigenvalue weighted by Gasteiger charge is 2.01. The molecule has 1 amide bonds. The lowest BCUT2D eigenvalue weighted by molar-refractivity contribution is -0.137. The van der Waals surface area contributed by atoms with E-state index in [2.05, 4.69) is 12.2 Å². The van der Waals surface area contributed by atoms with E-state index in [-0.39, 0.29) is 12.3 Å². The van der Waals surface area contributed by atoms with E-state index in [4.69, 9.17) is 5.11 Å². The van der Waals surface area contributed by atoms with Crippen LogP contribution in [0.2, 0.25) is 0 Å². The summed E-state index contributed by atoms with van der Waals surface area (Å²) >= 11 is 0.